The van der Waals surface area contributed by atoms with E-state index in [0.29, 0.717) is 6.54 Å². The minimum atomic E-state index is -0.129. The first-order valence-corrected chi connectivity index (χ1v) is 6.70. The number of alkyl halides is 1. The van der Waals surface area contributed by atoms with Crippen molar-refractivity contribution in [1.29, 1.82) is 0 Å². The van der Waals surface area contributed by atoms with Crippen LogP contribution in [0.5, 0.6) is 0 Å². The standard InChI is InChI=1S/C11H23F.C3H7N/c1-2-3-4-5-6-7-8-9-10-11-12;1-2-3-4/h2-11H2,1H3;2H,1,3-4H2. The summed E-state index contributed by atoms with van der Waals surface area (Å²) in [6, 6.07) is 0. The first-order valence-electron chi connectivity index (χ1n) is 6.70. The van der Waals surface area contributed by atoms with Crippen molar-refractivity contribution in [2.24, 2.45) is 5.73 Å². The summed E-state index contributed by atoms with van der Waals surface area (Å²) in [5.74, 6) is 0. The number of rotatable bonds is 10. The highest BCUT2D eigenvalue weighted by Crippen LogP contribution is 2.09. The Bertz CT molecular complexity index is 105. The van der Waals surface area contributed by atoms with Crippen LogP contribution in [0.15, 0.2) is 12.7 Å². The maximum absolute atomic E-state index is 11.7. The van der Waals surface area contributed by atoms with Gasteiger partial charge in [0.25, 0.3) is 0 Å². The van der Waals surface area contributed by atoms with E-state index in [2.05, 4.69) is 13.5 Å². The van der Waals surface area contributed by atoms with Crippen molar-refractivity contribution in [2.45, 2.75) is 64.7 Å². The molecule has 0 amide bonds. The van der Waals surface area contributed by atoms with Crippen molar-refractivity contribution in [3.05, 3.63) is 12.7 Å². The van der Waals surface area contributed by atoms with Crippen LogP contribution in [0.3, 0.4) is 0 Å². The number of hydrogen-bond acceptors (Lipinski definition) is 1. The maximum Gasteiger partial charge on any atom is 0.0894 e. The Balaban J connectivity index is 0. The van der Waals surface area contributed by atoms with Gasteiger partial charge in [-0.05, 0) is 6.42 Å². The van der Waals surface area contributed by atoms with E-state index in [4.69, 9.17) is 5.73 Å². The molecule has 2 heteroatoms. The minimum Gasteiger partial charge on any atom is -0.327 e. The van der Waals surface area contributed by atoms with E-state index < -0.39 is 0 Å². The van der Waals surface area contributed by atoms with Gasteiger partial charge >= 0.3 is 0 Å². The Morgan fingerprint density at radius 3 is 1.62 bits per heavy atom. The van der Waals surface area contributed by atoms with E-state index in [9.17, 15) is 4.39 Å². The number of halogens is 1. The summed E-state index contributed by atoms with van der Waals surface area (Å²) in [6.07, 6.45) is 12.9. The van der Waals surface area contributed by atoms with Crippen LogP contribution >= 0.6 is 0 Å². The Hall–Kier alpha value is -0.370. The van der Waals surface area contributed by atoms with Gasteiger partial charge in [0, 0.05) is 6.54 Å². The Labute approximate surface area is 101 Å². The average Bonchev–Trinajstić information content (AvgIpc) is 2.33. The van der Waals surface area contributed by atoms with Crippen LogP contribution in [0.2, 0.25) is 0 Å². The number of unbranched alkanes of at least 4 members (excludes halogenated alkanes) is 8. The highest BCUT2D eigenvalue weighted by molar-refractivity contribution is 4.64. The third-order valence-corrected chi connectivity index (χ3v) is 2.40. The van der Waals surface area contributed by atoms with E-state index in [1.54, 1.807) is 6.08 Å². The zero-order valence-electron chi connectivity index (χ0n) is 11.0. The third kappa shape index (κ3) is 23.4. The summed E-state index contributed by atoms with van der Waals surface area (Å²) in [4.78, 5) is 0. The molecule has 0 unspecified atom stereocenters. The van der Waals surface area contributed by atoms with Gasteiger partial charge in [-0.25, -0.2) is 0 Å². The van der Waals surface area contributed by atoms with Crippen molar-refractivity contribution in [2.75, 3.05) is 13.2 Å². The molecule has 1 nitrogen and oxygen atoms in total. The lowest BCUT2D eigenvalue weighted by atomic mass is 10.1. The lowest BCUT2D eigenvalue weighted by Crippen LogP contribution is -1.90. The van der Waals surface area contributed by atoms with E-state index in [-0.39, 0.29) is 6.67 Å². The minimum absolute atomic E-state index is 0.129. The molecule has 0 spiro atoms. The van der Waals surface area contributed by atoms with Gasteiger partial charge in [-0.3, -0.25) is 4.39 Å². The van der Waals surface area contributed by atoms with E-state index in [1.165, 1.54) is 44.9 Å². The smallest absolute Gasteiger partial charge is 0.0894 e. The molecule has 0 fully saturated rings. The molecule has 0 aromatic heterocycles. The van der Waals surface area contributed by atoms with Crippen LogP contribution in [-0.2, 0) is 0 Å². The quantitative estimate of drug-likeness (QED) is 0.431. The maximum atomic E-state index is 11.7. The molecule has 0 bridgehead atoms. The average molecular weight is 231 g/mol. The van der Waals surface area contributed by atoms with Crippen molar-refractivity contribution < 1.29 is 4.39 Å². The molecule has 0 heterocycles. The van der Waals surface area contributed by atoms with Crippen molar-refractivity contribution >= 4 is 0 Å². The first kappa shape index (κ1) is 18.0. The van der Waals surface area contributed by atoms with Crippen molar-refractivity contribution in [1.82, 2.24) is 0 Å². The monoisotopic (exact) mass is 231 g/mol. The molecule has 0 saturated carbocycles. The van der Waals surface area contributed by atoms with Crippen LogP contribution < -0.4 is 5.73 Å². The summed E-state index contributed by atoms with van der Waals surface area (Å²) in [6.45, 7) is 6.05. The predicted octanol–water partition coefficient (Wildman–Crippen LogP) is 4.62. The summed E-state index contributed by atoms with van der Waals surface area (Å²) in [5, 5.41) is 0. The van der Waals surface area contributed by atoms with Crippen LogP contribution in [0.25, 0.3) is 0 Å². The fourth-order valence-electron chi connectivity index (χ4n) is 1.41. The lowest BCUT2D eigenvalue weighted by Gasteiger charge is -1.99. The van der Waals surface area contributed by atoms with Crippen molar-refractivity contribution in [3.8, 4) is 0 Å². The molecule has 2 N–H and O–H groups in total. The highest BCUT2D eigenvalue weighted by atomic mass is 19.1. The van der Waals surface area contributed by atoms with Crippen molar-refractivity contribution in [3.63, 3.8) is 0 Å². The van der Waals surface area contributed by atoms with Gasteiger partial charge in [0.2, 0.25) is 0 Å². The summed E-state index contributed by atoms with van der Waals surface area (Å²) >= 11 is 0. The SMILES string of the molecule is C=CCN.CCCCCCCCCCCF. The summed E-state index contributed by atoms with van der Waals surface area (Å²) in [7, 11) is 0. The Kier molecular flexibility index (Phi) is 22.6. The molecule has 16 heavy (non-hydrogen) atoms. The zero-order chi connectivity index (χ0) is 12.5. The molecule has 0 saturated heterocycles. The van der Waals surface area contributed by atoms with Gasteiger partial charge in [-0.2, -0.15) is 0 Å². The Morgan fingerprint density at radius 1 is 0.938 bits per heavy atom. The second kappa shape index (κ2) is 20.1. The van der Waals surface area contributed by atoms with E-state index >= 15 is 0 Å². The van der Waals surface area contributed by atoms with Crippen LogP contribution in [-0.4, -0.2) is 13.2 Å². The van der Waals surface area contributed by atoms with Gasteiger partial charge < -0.3 is 5.73 Å². The van der Waals surface area contributed by atoms with Gasteiger partial charge in [-0.15, -0.1) is 6.58 Å². The molecule has 0 aliphatic heterocycles. The third-order valence-electron chi connectivity index (χ3n) is 2.40. The van der Waals surface area contributed by atoms with Gasteiger partial charge in [0.15, 0.2) is 0 Å². The second-order valence-corrected chi connectivity index (χ2v) is 4.04. The number of hydrogen-bond donors (Lipinski definition) is 1. The Morgan fingerprint density at radius 2 is 1.31 bits per heavy atom. The molecule has 0 aliphatic carbocycles. The normalized spacial score (nSPS) is 9.44. The second-order valence-electron chi connectivity index (χ2n) is 4.04. The van der Waals surface area contributed by atoms with E-state index in [1.807, 2.05) is 0 Å². The molecule has 98 valence electrons. The molecule has 0 aromatic carbocycles. The summed E-state index contributed by atoms with van der Waals surface area (Å²) < 4.78 is 11.7. The van der Waals surface area contributed by atoms with Crippen LogP contribution in [0.4, 0.5) is 4.39 Å². The van der Waals surface area contributed by atoms with Crippen LogP contribution in [0, 0.1) is 0 Å². The fraction of sp³-hybridized carbons (Fsp3) is 0.857. The predicted molar refractivity (Wildman–Crippen MR) is 72.5 cm³/mol. The molecule has 0 aromatic rings. The largest absolute Gasteiger partial charge is 0.327 e. The molecular weight excluding hydrogens is 201 g/mol. The molecule has 0 aliphatic rings. The topological polar surface area (TPSA) is 26.0 Å². The fourth-order valence-corrected chi connectivity index (χ4v) is 1.41. The van der Waals surface area contributed by atoms with Crippen LogP contribution in [0.1, 0.15) is 64.7 Å². The summed E-state index contributed by atoms with van der Waals surface area (Å²) in [5.41, 5.74) is 4.91. The van der Waals surface area contributed by atoms with Gasteiger partial charge in [0.05, 0.1) is 6.67 Å². The lowest BCUT2D eigenvalue weighted by molar-refractivity contribution is 0.449. The zero-order valence-corrected chi connectivity index (χ0v) is 11.0. The highest BCUT2D eigenvalue weighted by Gasteiger charge is 1.90. The van der Waals surface area contributed by atoms with Gasteiger partial charge in [0.1, 0.15) is 0 Å². The number of nitrogens with two attached hydrogens (primary N) is 1. The van der Waals surface area contributed by atoms with Gasteiger partial charge in [-0.1, -0.05) is 64.4 Å². The van der Waals surface area contributed by atoms with E-state index in [0.717, 1.165) is 12.8 Å². The molecule has 0 rings (SSSR count). The molecular formula is C14H30FN. The molecule has 0 atom stereocenters. The molecule has 0 radical (unpaired) electrons. The first-order chi connectivity index (χ1) is 7.83.